The minimum atomic E-state index is -0.369. The smallest absolute Gasteiger partial charge is 0.166 e. The highest BCUT2D eigenvalue weighted by atomic mass is 127. The first-order valence-corrected chi connectivity index (χ1v) is 13.7. The van der Waals surface area contributed by atoms with E-state index in [4.69, 9.17) is 15.6 Å². The molecule has 170 valence electrons. The van der Waals surface area contributed by atoms with E-state index in [-0.39, 0.29) is 11.9 Å². The molecular formula is C23H26FI2N5O. The Morgan fingerprint density at radius 3 is 2.75 bits per heavy atom. The van der Waals surface area contributed by atoms with Gasteiger partial charge in [-0.05, 0) is 56.6 Å². The van der Waals surface area contributed by atoms with Gasteiger partial charge in [0.15, 0.2) is 11.6 Å². The number of alkyl halides is 2. The van der Waals surface area contributed by atoms with Crippen LogP contribution in [0.4, 0.5) is 10.2 Å². The number of benzene rings is 1. The molecule has 9 heteroatoms. The van der Waals surface area contributed by atoms with Gasteiger partial charge in [0.2, 0.25) is 0 Å². The first-order valence-electron chi connectivity index (χ1n) is 10.6. The molecule has 3 heterocycles. The number of hydrogen-bond donors (Lipinski definition) is 2. The van der Waals surface area contributed by atoms with E-state index in [0.29, 0.717) is 27.6 Å². The number of nitrogens with one attached hydrogen (secondary N) is 1. The quantitative estimate of drug-likeness (QED) is 0.255. The zero-order chi connectivity index (χ0) is 22.7. The van der Waals surface area contributed by atoms with Crippen LogP contribution in [-0.4, -0.2) is 27.9 Å². The van der Waals surface area contributed by atoms with E-state index < -0.39 is 0 Å². The van der Waals surface area contributed by atoms with E-state index >= 15 is 0 Å². The number of nitrogens with two attached hydrogens (primary N) is 1. The average Bonchev–Trinajstić information content (AvgIpc) is 3.31. The summed E-state index contributed by atoms with van der Waals surface area (Å²) in [5, 5.41) is 8.16. The number of halogens is 3. The fraction of sp³-hybridized carbons (Fsp3) is 0.391. The molecule has 1 fully saturated rings. The molecule has 1 aliphatic rings. The maximum atomic E-state index is 14.5. The van der Waals surface area contributed by atoms with Crippen molar-refractivity contribution in [1.82, 2.24) is 20.1 Å². The average molecular weight is 661 g/mol. The summed E-state index contributed by atoms with van der Waals surface area (Å²) in [7, 11) is 0. The predicted octanol–water partition coefficient (Wildman–Crippen LogP) is 5.60. The van der Waals surface area contributed by atoms with Gasteiger partial charge < -0.3 is 15.8 Å². The van der Waals surface area contributed by atoms with Gasteiger partial charge in [-0.1, -0.05) is 51.2 Å². The molecule has 1 saturated heterocycles. The van der Waals surface area contributed by atoms with E-state index in [1.807, 2.05) is 36.0 Å². The van der Waals surface area contributed by atoms with Crippen LogP contribution in [0.1, 0.15) is 48.6 Å². The Hall–Kier alpha value is -1.47. The van der Waals surface area contributed by atoms with E-state index in [2.05, 4.69) is 55.5 Å². The number of hydrogen-bond acceptors (Lipinski definition) is 5. The van der Waals surface area contributed by atoms with Crippen LogP contribution in [0.3, 0.4) is 0 Å². The second-order valence-electron chi connectivity index (χ2n) is 7.90. The molecule has 0 saturated carbocycles. The summed E-state index contributed by atoms with van der Waals surface area (Å²) in [6.45, 7) is 3.95. The standard InChI is InChI=1S/C23H26FI2N5O/c1-14(22-15(11-25)2-3-19(24)18(22)12-26)32-21-10-16(13-29-23(21)27)20-6-9-31(30-20)17-4-7-28-8-5-17/h2-3,6,9-10,13-14,17,28H,4-5,7-8,11-12H2,1H3,(H2,27,29)/t14-/m1/s1. The van der Waals surface area contributed by atoms with Gasteiger partial charge in [0.1, 0.15) is 11.9 Å². The van der Waals surface area contributed by atoms with Crippen LogP contribution in [-0.2, 0) is 8.86 Å². The first-order chi connectivity index (χ1) is 15.5. The molecule has 3 aromatic rings. The van der Waals surface area contributed by atoms with Crippen molar-refractivity contribution in [1.29, 1.82) is 0 Å². The van der Waals surface area contributed by atoms with Crippen molar-refractivity contribution < 1.29 is 9.13 Å². The van der Waals surface area contributed by atoms with E-state index in [9.17, 15) is 4.39 Å². The molecule has 32 heavy (non-hydrogen) atoms. The van der Waals surface area contributed by atoms with Gasteiger partial charge in [0.25, 0.3) is 0 Å². The zero-order valence-electron chi connectivity index (χ0n) is 17.8. The molecule has 1 atom stereocenters. The van der Waals surface area contributed by atoms with Crippen LogP contribution in [0.2, 0.25) is 0 Å². The van der Waals surface area contributed by atoms with E-state index in [0.717, 1.165) is 52.7 Å². The summed E-state index contributed by atoms with van der Waals surface area (Å²) < 4.78 is 24.1. The molecule has 0 amide bonds. The topological polar surface area (TPSA) is 78.0 Å². The highest BCUT2D eigenvalue weighted by Gasteiger charge is 2.21. The third-order valence-electron chi connectivity index (χ3n) is 5.85. The van der Waals surface area contributed by atoms with Crippen LogP contribution in [0, 0.1) is 5.82 Å². The number of aromatic nitrogens is 3. The molecule has 0 radical (unpaired) electrons. The molecule has 4 rings (SSSR count). The number of rotatable bonds is 7. The van der Waals surface area contributed by atoms with E-state index in [1.165, 1.54) is 6.07 Å². The monoisotopic (exact) mass is 661 g/mol. The Kier molecular flexibility index (Phi) is 7.87. The van der Waals surface area contributed by atoms with Crippen molar-refractivity contribution >= 4 is 51.0 Å². The molecular weight excluding hydrogens is 635 g/mol. The van der Waals surface area contributed by atoms with Crippen LogP contribution in [0.15, 0.2) is 36.7 Å². The number of anilines is 1. The maximum absolute atomic E-state index is 14.5. The van der Waals surface area contributed by atoms with Crippen LogP contribution in [0.5, 0.6) is 5.75 Å². The molecule has 0 spiro atoms. The van der Waals surface area contributed by atoms with Crippen LogP contribution < -0.4 is 15.8 Å². The maximum Gasteiger partial charge on any atom is 0.166 e. The summed E-state index contributed by atoms with van der Waals surface area (Å²) in [5.74, 6) is 0.582. The minimum Gasteiger partial charge on any atom is -0.482 e. The van der Waals surface area contributed by atoms with Gasteiger partial charge in [-0.15, -0.1) is 0 Å². The highest BCUT2D eigenvalue weighted by Crippen LogP contribution is 2.35. The Labute approximate surface area is 214 Å². The fourth-order valence-corrected chi connectivity index (χ4v) is 5.59. The number of pyridine rings is 1. The van der Waals surface area contributed by atoms with Crippen LogP contribution >= 0.6 is 45.2 Å². The van der Waals surface area contributed by atoms with Crippen molar-refractivity contribution in [3.8, 4) is 17.0 Å². The van der Waals surface area contributed by atoms with Gasteiger partial charge in [-0.25, -0.2) is 9.37 Å². The molecule has 0 bridgehead atoms. The van der Waals surface area contributed by atoms with Crippen molar-refractivity contribution in [2.24, 2.45) is 0 Å². The van der Waals surface area contributed by atoms with Crippen LogP contribution in [0.25, 0.3) is 11.3 Å². The lowest BCUT2D eigenvalue weighted by Gasteiger charge is -2.23. The van der Waals surface area contributed by atoms with Gasteiger partial charge >= 0.3 is 0 Å². The molecule has 3 N–H and O–H groups in total. The third-order valence-corrected chi connectivity index (χ3v) is 7.43. The Morgan fingerprint density at radius 2 is 2.03 bits per heavy atom. The number of nitrogens with zero attached hydrogens (tertiary/aromatic N) is 3. The summed E-state index contributed by atoms with van der Waals surface area (Å²) in [5.41, 5.74) is 10.4. The normalized spacial score (nSPS) is 15.6. The second kappa shape index (κ2) is 10.6. The Morgan fingerprint density at radius 1 is 1.25 bits per heavy atom. The lowest BCUT2D eigenvalue weighted by Crippen LogP contribution is -2.29. The summed E-state index contributed by atoms with van der Waals surface area (Å²) in [4.78, 5) is 4.34. The van der Waals surface area contributed by atoms with Crippen molar-refractivity contribution in [3.63, 3.8) is 0 Å². The van der Waals surface area contributed by atoms with Gasteiger partial charge in [0, 0.05) is 37.9 Å². The lowest BCUT2D eigenvalue weighted by atomic mass is 9.98. The first kappa shape index (κ1) is 23.7. The van der Waals surface area contributed by atoms with E-state index in [1.54, 1.807) is 6.20 Å². The number of ether oxygens (including phenoxy) is 1. The predicted molar refractivity (Wildman–Crippen MR) is 142 cm³/mol. The van der Waals surface area contributed by atoms with Gasteiger partial charge in [0.05, 0.1) is 11.7 Å². The zero-order valence-corrected chi connectivity index (χ0v) is 22.1. The Bertz CT molecular complexity index is 1080. The minimum absolute atomic E-state index is 0.207. The van der Waals surface area contributed by atoms with Gasteiger partial charge in [-0.2, -0.15) is 5.10 Å². The molecule has 2 aromatic heterocycles. The van der Waals surface area contributed by atoms with Crippen molar-refractivity contribution in [2.45, 2.75) is 40.8 Å². The number of piperidine rings is 1. The van der Waals surface area contributed by atoms with Crippen molar-refractivity contribution in [3.05, 3.63) is 59.2 Å². The molecule has 6 nitrogen and oxygen atoms in total. The molecule has 1 aromatic carbocycles. The second-order valence-corrected chi connectivity index (χ2v) is 9.42. The Balaban J connectivity index is 1.61. The SMILES string of the molecule is C[C@@H](Oc1cc(-c2ccn(C3CCNCC3)n2)cnc1N)c1c(CI)ccc(F)c1CI. The van der Waals surface area contributed by atoms with Gasteiger partial charge in [-0.3, -0.25) is 4.68 Å². The molecule has 0 unspecified atom stereocenters. The third kappa shape index (κ3) is 5.04. The number of nitrogen functional groups attached to an aromatic ring is 1. The van der Waals surface area contributed by atoms with Crippen molar-refractivity contribution in [2.75, 3.05) is 18.8 Å². The summed E-state index contributed by atoms with van der Waals surface area (Å²) in [6.07, 6.45) is 5.51. The largest absolute Gasteiger partial charge is 0.482 e. The summed E-state index contributed by atoms with van der Waals surface area (Å²) in [6, 6.07) is 7.65. The molecule has 0 aliphatic carbocycles. The molecule has 1 aliphatic heterocycles. The lowest BCUT2D eigenvalue weighted by molar-refractivity contribution is 0.225. The summed E-state index contributed by atoms with van der Waals surface area (Å²) >= 11 is 4.49. The highest BCUT2D eigenvalue weighted by molar-refractivity contribution is 14.1. The fourth-order valence-electron chi connectivity index (χ4n) is 4.15.